The van der Waals surface area contributed by atoms with Crippen molar-refractivity contribution in [2.45, 2.75) is 33.6 Å². The largest absolute Gasteiger partial charge is 0.466 e. The monoisotopic (exact) mass is 318 g/mol. The molecule has 0 radical (unpaired) electrons. The Morgan fingerprint density at radius 2 is 1.78 bits per heavy atom. The quantitative estimate of drug-likeness (QED) is 0.848. The molecule has 0 atom stereocenters. The van der Waals surface area contributed by atoms with E-state index in [1.807, 2.05) is 32.9 Å². The zero-order chi connectivity index (χ0) is 16.8. The lowest BCUT2D eigenvalue weighted by atomic mass is 9.97. The molecule has 0 bridgehead atoms. The van der Waals surface area contributed by atoms with E-state index in [2.05, 4.69) is 16.3 Å². The van der Waals surface area contributed by atoms with Crippen molar-refractivity contribution in [1.82, 2.24) is 4.90 Å². The van der Waals surface area contributed by atoms with Crippen LogP contribution in [-0.4, -0.2) is 43.0 Å². The molecule has 0 spiro atoms. The summed E-state index contributed by atoms with van der Waals surface area (Å²) in [7, 11) is 0. The fourth-order valence-corrected chi connectivity index (χ4v) is 3.04. The van der Waals surface area contributed by atoms with E-state index < -0.39 is 0 Å². The predicted octanol–water partition coefficient (Wildman–Crippen LogP) is 2.52. The first kappa shape index (κ1) is 17.5. The van der Waals surface area contributed by atoms with Gasteiger partial charge in [0.2, 0.25) is 5.91 Å². The normalized spacial score (nSPS) is 16.1. The van der Waals surface area contributed by atoms with Crippen molar-refractivity contribution in [3.63, 3.8) is 0 Å². The molecule has 1 heterocycles. The van der Waals surface area contributed by atoms with Gasteiger partial charge in [0.05, 0.1) is 19.1 Å². The molecule has 1 N–H and O–H groups in total. The zero-order valence-electron chi connectivity index (χ0n) is 14.2. The number of nitrogens with one attached hydrogen (secondary N) is 1. The molecule has 1 fully saturated rings. The topological polar surface area (TPSA) is 58.6 Å². The van der Waals surface area contributed by atoms with Crippen LogP contribution in [0.5, 0.6) is 0 Å². The van der Waals surface area contributed by atoms with Crippen molar-refractivity contribution >= 4 is 17.6 Å². The summed E-state index contributed by atoms with van der Waals surface area (Å²) in [6.45, 7) is 8.16. The molecule has 0 saturated carbocycles. The Kier molecular flexibility index (Phi) is 6.16. The van der Waals surface area contributed by atoms with Crippen molar-refractivity contribution in [3.05, 3.63) is 29.3 Å². The van der Waals surface area contributed by atoms with Crippen LogP contribution in [0.4, 0.5) is 5.69 Å². The minimum absolute atomic E-state index is 0.00964. The number of carbonyl (C=O) groups is 2. The fraction of sp³-hybridized carbons (Fsp3) is 0.556. The Morgan fingerprint density at radius 1 is 1.17 bits per heavy atom. The molecule has 1 aliphatic rings. The van der Waals surface area contributed by atoms with E-state index in [4.69, 9.17) is 4.74 Å². The van der Waals surface area contributed by atoms with Crippen molar-refractivity contribution in [2.24, 2.45) is 5.92 Å². The first-order valence-electron chi connectivity index (χ1n) is 8.25. The van der Waals surface area contributed by atoms with Crippen LogP contribution in [0.1, 0.15) is 30.9 Å². The van der Waals surface area contributed by atoms with Crippen LogP contribution in [0, 0.1) is 19.8 Å². The van der Waals surface area contributed by atoms with Gasteiger partial charge in [0.1, 0.15) is 0 Å². The summed E-state index contributed by atoms with van der Waals surface area (Å²) in [5, 5.41) is 2.95. The second-order valence-corrected chi connectivity index (χ2v) is 6.23. The number of likely N-dealkylation sites (tertiary alicyclic amines) is 1. The first-order chi connectivity index (χ1) is 11.0. The van der Waals surface area contributed by atoms with Gasteiger partial charge in [-0.1, -0.05) is 6.07 Å². The summed E-state index contributed by atoms with van der Waals surface area (Å²) in [6, 6.07) is 6.02. The lowest BCUT2D eigenvalue weighted by Crippen LogP contribution is -2.41. The molecule has 23 heavy (non-hydrogen) atoms. The first-order valence-corrected chi connectivity index (χ1v) is 8.25. The average molecular weight is 318 g/mol. The van der Waals surface area contributed by atoms with Gasteiger partial charge in [0.25, 0.3) is 0 Å². The van der Waals surface area contributed by atoms with Crippen LogP contribution in [0.3, 0.4) is 0 Å². The highest BCUT2D eigenvalue weighted by Crippen LogP contribution is 2.19. The van der Waals surface area contributed by atoms with Gasteiger partial charge >= 0.3 is 5.97 Å². The highest BCUT2D eigenvalue weighted by atomic mass is 16.5. The Labute approximate surface area is 138 Å². The van der Waals surface area contributed by atoms with Crippen LogP contribution in [-0.2, 0) is 14.3 Å². The lowest BCUT2D eigenvalue weighted by molar-refractivity contribution is -0.149. The van der Waals surface area contributed by atoms with Gasteiger partial charge < -0.3 is 10.1 Å². The van der Waals surface area contributed by atoms with E-state index in [0.717, 1.165) is 42.7 Å². The number of benzene rings is 1. The SMILES string of the molecule is CCOC(=O)C1CCN(CC(=O)Nc2cc(C)cc(C)c2)CC1. The maximum atomic E-state index is 12.2. The van der Waals surface area contributed by atoms with Gasteiger partial charge in [-0.2, -0.15) is 0 Å². The summed E-state index contributed by atoms with van der Waals surface area (Å²) in [6.07, 6.45) is 1.52. The standard InChI is InChI=1S/C18H26N2O3/c1-4-23-18(22)15-5-7-20(8-6-15)12-17(21)19-16-10-13(2)9-14(3)11-16/h9-11,15H,4-8,12H2,1-3H3,(H,19,21). The van der Waals surface area contributed by atoms with E-state index in [1.54, 1.807) is 0 Å². The van der Waals surface area contributed by atoms with Crippen LogP contribution in [0.15, 0.2) is 18.2 Å². The van der Waals surface area contributed by atoms with E-state index >= 15 is 0 Å². The molecule has 1 amide bonds. The van der Waals surface area contributed by atoms with E-state index in [1.165, 1.54) is 0 Å². The molecule has 1 saturated heterocycles. The Balaban J connectivity index is 1.79. The molecule has 1 aliphatic heterocycles. The average Bonchev–Trinajstić information content (AvgIpc) is 2.47. The van der Waals surface area contributed by atoms with Crippen LogP contribution in [0.25, 0.3) is 0 Å². The summed E-state index contributed by atoms with van der Waals surface area (Å²) in [4.78, 5) is 26.0. The Bertz CT molecular complexity index is 543. The third-order valence-corrected chi connectivity index (χ3v) is 4.08. The lowest BCUT2D eigenvalue weighted by Gasteiger charge is -2.30. The molecule has 2 rings (SSSR count). The minimum atomic E-state index is -0.105. The van der Waals surface area contributed by atoms with Crippen molar-refractivity contribution < 1.29 is 14.3 Å². The summed E-state index contributed by atoms with van der Waals surface area (Å²) in [5.74, 6) is -0.134. The third kappa shape index (κ3) is 5.36. The van der Waals surface area contributed by atoms with Crippen LogP contribution in [0.2, 0.25) is 0 Å². The van der Waals surface area contributed by atoms with Crippen molar-refractivity contribution in [3.8, 4) is 0 Å². The number of nitrogens with zero attached hydrogens (tertiary/aromatic N) is 1. The molecular formula is C18H26N2O3. The second kappa shape index (κ2) is 8.11. The van der Waals surface area contributed by atoms with Crippen LogP contribution >= 0.6 is 0 Å². The summed E-state index contributed by atoms with van der Waals surface area (Å²) in [5.41, 5.74) is 3.11. The number of piperidine rings is 1. The van der Waals surface area contributed by atoms with E-state index in [9.17, 15) is 9.59 Å². The number of hydrogen-bond donors (Lipinski definition) is 1. The smallest absolute Gasteiger partial charge is 0.309 e. The number of rotatable bonds is 5. The number of carbonyl (C=O) groups excluding carboxylic acids is 2. The van der Waals surface area contributed by atoms with Gasteiger partial charge in [-0.05, 0) is 70.0 Å². The maximum Gasteiger partial charge on any atom is 0.309 e. The molecule has 5 heteroatoms. The second-order valence-electron chi connectivity index (χ2n) is 6.23. The molecule has 126 valence electrons. The minimum Gasteiger partial charge on any atom is -0.466 e. The molecule has 1 aromatic rings. The van der Waals surface area contributed by atoms with Gasteiger partial charge in [0, 0.05) is 5.69 Å². The molecule has 0 unspecified atom stereocenters. The number of hydrogen-bond acceptors (Lipinski definition) is 4. The number of aryl methyl sites for hydroxylation is 2. The Morgan fingerprint density at radius 3 is 2.35 bits per heavy atom. The van der Waals surface area contributed by atoms with Gasteiger partial charge in [0.15, 0.2) is 0 Å². The summed E-state index contributed by atoms with van der Waals surface area (Å²) >= 11 is 0. The fourth-order valence-electron chi connectivity index (χ4n) is 3.04. The number of amides is 1. The van der Waals surface area contributed by atoms with Gasteiger partial charge in [-0.3, -0.25) is 14.5 Å². The summed E-state index contributed by atoms with van der Waals surface area (Å²) < 4.78 is 5.06. The van der Waals surface area contributed by atoms with E-state index in [0.29, 0.717) is 13.2 Å². The highest BCUT2D eigenvalue weighted by molar-refractivity contribution is 5.92. The predicted molar refractivity (Wildman–Crippen MR) is 90.3 cm³/mol. The molecule has 0 aromatic heterocycles. The Hall–Kier alpha value is -1.88. The van der Waals surface area contributed by atoms with Crippen molar-refractivity contribution in [1.29, 1.82) is 0 Å². The maximum absolute atomic E-state index is 12.2. The van der Waals surface area contributed by atoms with Crippen molar-refractivity contribution in [2.75, 3.05) is 31.6 Å². The number of ether oxygens (including phenoxy) is 1. The number of anilines is 1. The number of esters is 1. The van der Waals surface area contributed by atoms with Gasteiger partial charge in [-0.25, -0.2) is 0 Å². The molecule has 0 aliphatic carbocycles. The zero-order valence-corrected chi connectivity index (χ0v) is 14.2. The highest BCUT2D eigenvalue weighted by Gasteiger charge is 2.26. The molecule has 5 nitrogen and oxygen atoms in total. The van der Waals surface area contributed by atoms with Crippen LogP contribution < -0.4 is 5.32 Å². The molecular weight excluding hydrogens is 292 g/mol. The van der Waals surface area contributed by atoms with E-state index in [-0.39, 0.29) is 17.8 Å². The van der Waals surface area contributed by atoms with Gasteiger partial charge in [-0.15, -0.1) is 0 Å². The molecule has 1 aromatic carbocycles. The third-order valence-electron chi connectivity index (χ3n) is 4.08.